The molecule has 0 spiro atoms. The molecule has 0 saturated carbocycles. The van der Waals surface area contributed by atoms with Gasteiger partial charge < -0.3 is 14.8 Å². The second-order valence-corrected chi connectivity index (χ2v) is 6.00. The van der Waals surface area contributed by atoms with Crippen LogP contribution < -0.4 is 5.32 Å². The summed E-state index contributed by atoms with van der Waals surface area (Å²) >= 11 is 1.58. The van der Waals surface area contributed by atoms with Crippen molar-refractivity contribution in [2.24, 2.45) is 15.9 Å². The molecule has 0 aromatic rings. The number of hydrogen-bond donors (Lipinski definition) is 1. The van der Waals surface area contributed by atoms with E-state index in [4.69, 9.17) is 9.47 Å². The van der Waals surface area contributed by atoms with Crippen molar-refractivity contribution in [3.8, 4) is 0 Å². The zero-order valence-electron chi connectivity index (χ0n) is 11.2. The lowest BCUT2D eigenvalue weighted by Gasteiger charge is -2.31. The van der Waals surface area contributed by atoms with E-state index < -0.39 is 0 Å². The third-order valence-corrected chi connectivity index (χ3v) is 5.02. The van der Waals surface area contributed by atoms with Crippen molar-refractivity contribution < 1.29 is 14.3 Å². The maximum absolute atomic E-state index is 10.6. The number of nitrogens with zero attached hydrogens (tertiary/aromatic N) is 2. The van der Waals surface area contributed by atoms with E-state index in [0.717, 1.165) is 26.1 Å². The number of aliphatic imine (C=N–C) groups is 2. The van der Waals surface area contributed by atoms with Gasteiger partial charge in [-0.05, 0) is 24.3 Å². The predicted molar refractivity (Wildman–Crippen MR) is 77.9 cm³/mol. The minimum Gasteiger partial charge on any atom is -0.482 e. The number of methoxy groups -OCH3 is 1. The Labute approximate surface area is 121 Å². The number of amidine groups is 1. The summed E-state index contributed by atoms with van der Waals surface area (Å²) in [7, 11) is 1.61. The van der Waals surface area contributed by atoms with Gasteiger partial charge in [-0.25, -0.2) is 9.98 Å². The Bertz CT molecular complexity index is 483. The molecule has 20 heavy (non-hydrogen) atoms. The summed E-state index contributed by atoms with van der Waals surface area (Å²) in [6.07, 6.45) is 4.61. The highest BCUT2D eigenvalue weighted by atomic mass is 32.2. The van der Waals surface area contributed by atoms with Crippen LogP contribution in [0.25, 0.3) is 0 Å². The summed E-state index contributed by atoms with van der Waals surface area (Å²) in [5.41, 5.74) is 1.29. The van der Waals surface area contributed by atoms with Crippen molar-refractivity contribution in [1.82, 2.24) is 5.32 Å². The molecule has 0 bridgehead atoms. The summed E-state index contributed by atoms with van der Waals surface area (Å²) in [5.74, 6) is 1.10. The topological polar surface area (TPSA) is 72.3 Å². The van der Waals surface area contributed by atoms with Crippen LogP contribution in [0.1, 0.15) is 12.8 Å². The van der Waals surface area contributed by atoms with E-state index in [1.54, 1.807) is 18.9 Å². The van der Waals surface area contributed by atoms with E-state index in [1.165, 1.54) is 5.57 Å². The van der Waals surface area contributed by atoms with E-state index in [0.29, 0.717) is 23.4 Å². The smallest absolute Gasteiger partial charge is 0.214 e. The number of nitrogens with one attached hydrogen (secondary N) is 1. The monoisotopic (exact) mass is 295 g/mol. The maximum atomic E-state index is 10.6. The van der Waals surface area contributed by atoms with Gasteiger partial charge in [0.15, 0.2) is 5.17 Å². The molecule has 108 valence electrons. The lowest BCUT2D eigenvalue weighted by molar-refractivity contribution is -0.108. The number of rotatable bonds is 2. The SMILES string of the molecule is COC1=NC=C(C2CCOCC2)C2SC(NC=O)=NC12. The highest BCUT2D eigenvalue weighted by Gasteiger charge is 2.41. The van der Waals surface area contributed by atoms with Gasteiger partial charge in [0.2, 0.25) is 12.3 Å². The Morgan fingerprint density at radius 3 is 3.00 bits per heavy atom. The molecule has 0 aromatic carbocycles. The first-order chi connectivity index (χ1) is 9.83. The Morgan fingerprint density at radius 2 is 2.30 bits per heavy atom. The molecular weight excluding hydrogens is 278 g/mol. The van der Waals surface area contributed by atoms with Crippen molar-refractivity contribution in [3.05, 3.63) is 11.8 Å². The first kappa shape index (κ1) is 13.6. The fourth-order valence-corrected chi connectivity index (χ4v) is 4.02. The molecule has 6 nitrogen and oxygen atoms in total. The number of amides is 1. The van der Waals surface area contributed by atoms with Gasteiger partial charge in [0.25, 0.3) is 0 Å². The van der Waals surface area contributed by atoms with Crippen molar-refractivity contribution in [2.75, 3.05) is 20.3 Å². The molecule has 0 aliphatic carbocycles. The number of fused-ring (bicyclic) bond motifs is 1. The second kappa shape index (κ2) is 5.97. The van der Waals surface area contributed by atoms with Crippen molar-refractivity contribution in [1.29, 1.82) is 0 Å². The molecule has 0 radical (unpaired) electrons. The first-order valence-electron chi connectivity index (χ1n) is 6.67. The lowest BCUT2D eigenvalue weighted by atomic mass is 9.86. The molecule has 2 unspecified atom stereocenters. The zero-order valence-corrected chi connectivity index (χ0v) is 12.1. The van der Waals surface area contributed by atoms with Crippen molar-refractivity contribution >= 4 is 29.2 Å². The first-order valence-corrected chi connectivity index (χ1v) is 7.55. The van der Waals surface area contributed by atoms with Crippen LogP contribution in [0.2, 0.25) is 0 Å². The summed E-state index contributed by atoms with van der Waals surface area (Å²) in [5, 5.41) is 3.45. The molecule has 3 aliphatic heterocycles. The highest BCUT2D eigenvalue weighted by molar-refractivity contribution is 8.14. The largest absolute Gasteiger partial charge is 0.482 e. The van der Waals surface area contributed by atoms with Gasteiger partial charge in [-0.1, -0.05) is 11.8 Å². The van der Waals surface area contributed by atoms with Gasteiger partial charge in [0.1, 0.15) is 6.04 Å². The molecule has 2 atom stereocenters. The van der Waals surface area contributed by atoms with Crippen molar-refractivity contribution in [2.45, 2.75) is 24.1 Å². The van der Waals surface area contributed by atoms with Crippen LogP contribution in [0, 0.1) is 5.92 Å². The van der Waals surface area contributed by atoms with Crippen LogP contribution in [0.5, 0.6) is 0 Å². The standard InChI is InChI=1S/C13H17N3O3S/c1-18-12-10-11(20-13(16-10)15-7-17)9(6-14-12)8-2-4-19-5-3-8/h6-8,10-11H,2-5H2,1H3,(H,15,16,17). The van der Waals surface area contributed by atoms with E-state index in [1.807, 2.05) is 6.20 Å². The number of ether oxygens (including phenoxy) is 2. The van der Waals surface area contributed by atoms with Gasteiger partial charge in [0.05, 0.1) is 12.4 Å². The number of thioether (sulfide) groups is 1. The number of carbonyl (C=O) groups is 1. The van der Waals surface area contributed by atoms with Gasteiger partial charge in [-0.2, -0.15) is 0 Å². The maximum Gasteiger partial charge on any atom is 0.214 e. The summed E-state index contributed by atoms with van der Waals surface area (Å²) < 4.78 is 10.7. The highest BCUT2D eigenvalue weighted by Crippen LogP contribution is 2.40. The quantitative estimate of drug-likeness (QED) is 0.770. The van der Waals surface area contributed by atoms with Crippen LogP contribution in [0.3, 0.4) is 0 Å². The Hall–Kier alpha value is -1.34. The Balaban J connectivity index is 1.84. The summed E-state index contributed by atoms with van der Waals surface area (Å²) in [6.45, 7) is 1.59. The minimum absolute atomic E-state index is 0.129. The molecule has 1 N–H and O–H groups in total. The fraction of sp³-hybridized carbons (Fsp3) is 0.615. The minimum atomic E-state index is -0.129. The van der Waals surface area contributed by atoms with E-state index in [2.05, 4.69) is 15.3 Å². The third-order valence-electron chi connectivity index (χ3n) is 3.79. The summed E-state index contributed by atoms with van der Waals surface area (Å²) in [6, 6.07) is -0.129. The predicted octanol–water partition coefficient (Wildman–Crippen LogP) is 0.941. The lowest BCUT2D eigenvalue weighted by Crippen LogP contribution is -2.36. The van der Waals surface area contributed by atoms with Gasteiger partial charge in [0, 0.05) is 19.4 Å². The van der Waals surface area contributed by atoms with E-state index in [9.17, 15) is 4.79 Å². The van der Waals surface area contributed by atoms with Crippen molar-refractivity contribution in [3.63, 3.8) is 0 Å². The normalized spacial score (nSPS) is 29.9. The molecule has 0 aromatic heterocycles. The molecular formula is C13H17N3O3S. The van der Waals surface area contributed by atoms with Gasteiger partial charge >= 0.3 is 0 Å². The average Bonchev–Trinajstić information content (AvgIpc) is 2.91. The number of hydrogen-bond acceptors (Lipinski definition) is 6. The van der Waals surface area contributed by atoms with Crippen LogP contribution in [-0.4, -0.2) is 49.1 Å². The van der Waals surface area contributed by atoms with Crippen LogP contribution in [-0.2, 0) is 14.3 Å². The molecule has 3 rings (SSSR count). The molecule has 1 fully saturated rings. The third kappa shape index (κ3) is 2.47. The summed E-state index contributed by atoms with van der Waals surface area (Å²) in [4.78, 5) is 19.5. The zero-order chi connectivity index (χ0) is 13.9. The van der Waals surface area contributed by atoms with E-state index in [-0.39, 0.29) is 11.3 Å². The van der Waals surface area contributed by atoms with E-state index >= 15 is 0 Å². The molecule has 3 heterocycles. The molecule has 3 aliphatic rings. The fourth-order valence-electron chi connectivity index (χ4n) is 2.80. The average molecular weight is 295 g/mol. The van der Waals surface area contributed by atoms with Crippen LogP contribution >= 0.6 is 11.8 Å². The second-order valence-electron chi connectivity index (χ2n) is 4.87. The van der Waals surface area contributed by atoms with Gasteiger partial charge in [-0.15, -0.1) is 0 Å². The Morgan fingerprint density at radius 1 is 1.50 bits per heavy atom. The van der Waals surface area contributed by atoms with Crippen LogP contribution in [0.4, 0.5) is 0 Å². The molecule has 7 heteroatoms. The molecule has 1 amide bonds. The van der Waals surface area contributed by atoms with Gasteiger partial charge in [-0.3, -0.25) is 4.79 Å². The Kier molecular flexibility index (Phi) is 4.07. The molecule has 1 saturated heterocycles. The number of carbonyl (C=O) groups excluding carboxylic acids is 1. The van der Waals surface area contributed by atoms with Crippen LogP contribution in [0.15, 0.2) is 21.8 Å².